The van der Waals surface area contributed by atoms with Gasteiger partial charge in [0.2, 0.25) is 0 Å². The van der Waals surface area contributed by atoms with Gasteiger partial charge in [0.25, 0.3) is 0 Å². The van der Waals surface area contributed by atoms with Gasteiger partial charge in [-0.3, -0.25) is 0 Å². The third kappa shape index (κ3) is 12.4. The molecule has 0 atom stereocenters. The van der Waals surface area contributed by atoms with E-state index in [0.717, 1.165) is 121 Å². The number of benzene rings is 14. The first kappa shape index (κ1) is 56.8. The van der Waals surface area contributed by atoms with Crippen LogP contribution in [0.2, 0.25) is 0 Å². The van der Waals surface area contributed by atoms with Crippen molar-refractivity contribution in [3.8, 4) is 33.4 Å². The minimum Gasteiger partial charge on any atom is -0.310 e. The van der Waals surface area contributed by atoms with Gasteiger partial charge < -0.3 is 19.6 Å². The first-order chi connectivity index (χ1) is 44.7. The molecule has 14 rings (SSSR count). The van der Waals surface area contributed by atoms with Crippen molar-refractivity contribution in [2.75, 3.05) is 19.6 Å². The van der Waals surface area contributed by atoms with Gasteiger partial charge in [-0.05, 0) is 173 Å². The summed E-state index contributed by atoms with van der Waals surface area (Å²) in [5, 5.41) is 0. The van der Waals surface area contributed by atoms with Crippen LogP contribution in [-0.4, -0.2) is 0 Å². The molecule has 0 fully saturated rings. The summed E-state index contributed by atoms with van der Waals surface area (Å²) >= 11 is 3.62. The first-order valence-electron chi connectivity index (χ1n) is 30.3. The molecule has 0 bridgehead atoms. The zero-order valence-corrected chi connectivity index (χ0v) is 51.0. The SMILES string of the molecule is c1ccc(-c2cccc(-c3ccccc3)c2-c2c(Sc3cc(N(c4ccccc4)c4ccccc4)cc(N(c4ccccc4)c4ccccc4)c3)cccc2Sc2cc(N(c3ccccc3)c3ccccc3)cc(N(c3ccccc3)c3ccccc3)c2)cc1. The van der Waals surface area contributed by atoms with E-state index >= 15 is 0 Å². The Balaban J connectivity index is 1.03. The van der Waals surface area contributed by atoms with Crippen molar-refractivity contribution in [1.29, 1.82) is 0 Å². The average Bonchev–Trinajstić information content (AvgIpc) is 0.938. The summed E-state index contributed by atoms with van der Waals surface area (Å²) in [6.45, 7) is 0. The zero-order valence-electron chi connectivity index (χ0n) is 49.4. The summed E-state index contributed by atoms with van der Waals surface area (Å²) in [6, 6.07) is 135. The molecule has 0 heterocycles. The monoisotopic (exact) mass is 1190 g/mol. The molecular weight excluding hydrogens is 1130 g/mol. The fraction of sp³-hybridized carbons (Fsp3) is 0. The molecule has 0 spiro atoms. The molecular formula is C84H62N4S2. The highest BCUT2D eigenvalue weighted by molar-refractivity contribution is 8.00. The third-order valence-electron chi connectivity index (χ3n) is 15.8. The quantitative estimate of drug-likeness (QED) is 0.0795. The van der Waals surface area contributed by atoms with E-state index in [1.54, 1.807) is 0 Å². The topological polar surface area (TPSA) is 13.0 Å². The summed E-state index contributed by atoms with van der Waals surface area (Å²) in [4.78, 5) is 13.9. The Kier molecular flexibility index (Phi) is 17.0. The standard InChI is InChI=1S/C84H62N4S2/c1-11-33-63(34-12-1)79-53-31-54-80(64-35-13-2-14-36-64)83(79)84-81(89-77-59-73(85(65-37-15-3-16-38-65)66-39-17-4-18-40-66)57-74(60-77)86(67-41-19-5-20-42-67)68-43-21-6-22-44-68)55-32-56-82(84)90-78-61-75(87(69-45-23-7-24-46-69)70-47-25-8-26-48-70)58-76(62-78)88(71-49-27-9-28-50-71)72-51-29-10-30-52-72/h1-62H. The molecule has 14 aromatic rings. The van der Waals surface area contributed by atoms with E-state index in [-0.39, 0.29) is 0 Å². The molecule has 0 unspecified atom stereocenters. The molecule has 4 nitrogen and oxygen atoms in total. The van der Waals surface area contributed by atoms with E-state index < -0.39 is 0 Å². The number of para-hydroxylation sites is 8. The van der Waals surface area contributed by atoms with E-state index in [1.807, 2.05) is 23.5 Å². The summed E-state index contributed by atoms with van der Waals surface area (Å²) in [5.74, 6) is 0. The summed E-state index contributed by atoms with van der Waals surface area (Å²) < 4.78 is 0. The zero-order chi connectivity index (χ0) is 60.3. The molecule has 0 radical (unpaired) electrons. The molecule has 0 saturated carbocycles. The van der Waals surface area contributed by atoms with Gasteiger partial charge in [-0.2, -0.15) is 0 Å². The van der Waals surface area contributed by atoms with E-state index in [0.29, 0.717) is 0 Å². The smallest absolute Gasteiger partial charge is 0.0493 e. The summed E-state index contributed by atoms with van der Waals surface area (Å²) in [6.07, 6.45) is 0. The normalized spacial score (nSPS) is 11.0. The van der Waals surface area contributed by atoms with Crippen LogP contribution in [0.5, 0.6) is 0 Å². The van der Waals surface area contributed by atoms with Gasteiger partial charge in [-0.15, -0.1) is 0 Å². The molecule has 0 aliphatic carbocycles. The van der Waals surface area contributed by atoms with Crippen molar-refractivity contribution in [2.24, 2.45) is 0 Å². The van der Waals surface area contributed by atoms with Crippen LogP contribution in [0, 0.1) is 0 Å². The van der Waals surface area contributed by atoms with E-state index in [1.165, 1.54) is 0 Å². The molecule has 0 saturated heterocycles. The highest BCUT2D eigenvalue weighted by Crippen LogP contribution is 2.53. The molecule has 0 amide bonds. The minimum atomic E-state index is 1.03. The number of anilines is 12. The lowest BCUT2D eigenvalue weighted by Crippen LogP contribution is -2.13. The van der Waals surface area contributed by atoms with Crippen molar-refractivity contribution >= 4 is 91.8 Å². The second kappa shape index (κ2) is 26.9. The Hall–Kier alpha value is -11.0. The summed E-state index contributed by atoms with van der Waals surface area (Å²) in [7, 11) is 0. The van der Waals surface area contributed by atoms with Crippen LogP contribution in [0.15, 0.2) is 396 Å². The van der Waals surface area contributed by atoms with Crippen molar-refractivity contribution in [1.82, 2.24) is 0 Å². The van der Waals surface area contributed by atoms with Crippen LogP contribution >= 0.6 is 23.5 Å². The van der Waals surface area contributed by atoms with Gasteiger partial charge in [-0.1, -0.05) is 254 Å². The van der Waals surface area contributed by atoms with E-state index in [9.17, 15) is 0 Å². The summed E-state index contributed by atoms with van der Waals surface area (Å²) in [5.41, 5.74) is 19.4. The lowest BCUT2D eigenvalue weighted by Gasteiger charge is -2.30. The van der Waals surface area contributed by atoms with Crippen LogP contribution in [0.4, 0.5) is 68.2 Å². The van der Waals surface area contributed by atoms with Crippen molar-refractivity contribution < 1.29 is 0 Å². The van der Waals surface area contributed by atoms with E-state index in [4.69, 9.17) is 0 Å². The Bertz CT molecular complexity index is 3970. The van der Waals surface area contributed by atoms with Gasteiger partial charge >= 0.3 is 0 Å². The molecule has 0 aromatic heterocycles. The molecule has 0 aliphatic rings. The Morgan fingerprint density at radius 3 is 0.611 bits per heavy atom. The second-order valence-corrected chi connectivity index (χ2v) is 23.9. The Labute approximate surface area is 536 Å². The lowest BCUT2D eigenvalue weighted by atomic mass is 9.87. The van der Waals surface area contributed by atoms with Crippen LogP contribution in [0.3, 0.4) is 0 Å². The van der Waals surface area contributed by atoms with Gasteiger partial charge in [0.15, 0.2) is 0 Å². The van der Waals surface area contributed by atoms with Crippen LogP contribution in [0.1, 0.15) is 0 Å². The lowest BCUT2D eigenvalue weighted by molar-refractivity contribution is 1.22. The Morgan fingerprint density at radius 1 is 0.167 bits per heavy atom. The maximum atomic E-state index is 2.38. The highest BCUT2D eigenvalue weighted by Gasteiger charge is 2.26. The minimum absolute atomic E-state index is 1.03. The number of hydrogen-bond acceptors (Lipinski definition) is 6. The fourth-order valence-electron chi connectivity index (χ4n) is 11.9. The molecule has 0 N–H and O–H groups in total. The molecule has 14 aromatic carbocycles. The molecule has 0 aliphatic heterocycles. The Morgan fingerprint density at radius 2 is 0.378 bits per heavy atom. The predicted octanol–water partition coefficient (Wildman–Crippen LogP) is 24.9. The highest BCUT2D eigenvalue weighted by atomic mass is 32.2. The van der Waals surface area contributed by atoms with Gasteiger partial charge in [0.05, 0.1) is 0 Å². The van der Waals surface area contributed by atoms with Crippen LogP contribution < -0.4 is 19.6 Å². The largest absolute Gasteiger partial charge is 0.310 e. The van der Waals surface area contributed by atoms with Gasteiger partial charge in [0.1, 0.15) is 0 Å². The van der Waals surface area contributed by atoms with Gasteiger partial charge in [-0.25, -0.2) is 0 Å². The van der Waals surface area contributed by atoms with E-state index in [2.05, 4.69) is 396 Å². The third-order valence-corrected chi connectivity index (χ3v) is 17.9. The average molecular weight is 1190 g/mol. The van der Waals surface area contributed by atoms with Gasteiger partial charge in [0, 0.05) is 93.4 Å². The fourth-order valence-corrected chi connectivity index (χ4v) is 14.1. The molecule has 430 valence electrons. The molecule has 6 heteroatoms. The second-order valence-electron chi connectivity index (χ2n) is 21.7. The molecule has 90 heavy (non-hydrogen) atoms. The van der Waals surface area contributed by atoms with Crippen molar-refractivity contribution in [3.05, 3.63) is 376 Å². The van der Waals surface area contributed by atoms with Crippen molar-refractivity contribution in [3.63, 3.8) is 0 Å². The first-order valence-corrected chi connectivity index (χ1v) is 31.9. The number of rotatable bonds is 19. The maximum absolute atomic E-state index is 2.38. The number of nitrogens with zero attached hydrogens (tertiary/aromatic N) is 4. The van der Waals surface area contributed by atoms with Crippen molar-refractivity contribution in [2.45, 2.75) is 19.6 Å². The van der Waals surface area contributed by atoms with Crippen LogP contribution in [-0.2, 0) is 0 Å². The van der Waals surface area contributed by atoms with Crippen LogP contribution in [0.25, 0.3) is 33.4 Å². The maximum Gasteiger partial charge on any atom is 0.0493 e. The number of hydrogen-bond donors (Lipinski definition) is 0. The predicted molar refractivity (Wildman–Crippen MR) is 383 cm³/mol.